The van der Waals surface area contributed by atoms with Crippen LogP contribution in [0.4, 0.5) is 0 Å². The maximum Gasteiger partial charge on any atom is 0.260 e. The smallest absolute Gasteiger partial charge is 0.260 e. The number of thioether (sulfide) groups is 7. The van der Waals surface area contributed by atoms with E-state index >= 15 is 0 Å². The summed E-state index contributed by atoms with van der Waals surface area (Å²) in [5, 5.41) is 26.0. The predicted molar refractivity (Wildman–Crippen MR) is 468 cm³/mol. The van der Waals surface area contributed by atoms with E-state index < -0.39 is 0 Å². The summed E-state index contributed by atoms with van der Waals surface area (Å²) in [5.41, 5.74) is 6.45. The van der Waals surface area contributed by atoms with Gasteiger partial charge in [-0.1, -0.05) is 82.5 Å². The van der Waals surface area contributed by atoms with Crippen LogP contribution in [0.1, 0.15) is 203 Å². The second kappa shape index (κ2) is 48.1. The maximum atomic E-state index is 11.5. The quantitative estimate of drug-likeness (QED) is 0.0645. The van der Waals surface area contributed by atoms with Crippen molar-refractivity contribution in [2.75, 3.05) is 0 Å². The monoisotopic (exact) mass is 1800 g/mol. The van der Waals surface area contributed by atoms with Crippen molar-refractivity contribution in [2.45, 2.75) is 235 Å². The summed E-state index contributed by atoms with van der Waals surface area (Å²) in [6, 6.07) is 25.3. The highest BCUT2D eigenvalue weighted by atomic mass is 79.9. The number of rotatable bonds is 16. The number of carbonyl (C=O) groups excluding carboxylic acids is 8. The minimum Gasteiger partial charge on any atom is -0.618 e. The van der Waals surface area contributed by atoms with Crippen LogP contribution >= 0.6 is 155 Å². The molecule has 28 heteroatoms. The molecule has 592 valence electrons. The molecule has 7 heterocycles. The number of Topliss-reactive ketones (excluding diaryl/α,β-unsaturated/α-hetero) is 8. The molecule has 1 fully saturated rings. The molecule has 0 bridgehead atoms. The molecule has 0 spiro atoms. The Bertz CT molecular complexity index is 4460. The van der Waals surface area contributed by atoms with Gasteiger partial charge in [0.15, 0.2) is 56.8 Å². The summed E-state index contributed by atoms with van der Waals surface area (Å²) in [6.45, 7) is 15.1. The highest BCUT2D eigenvalue weighted by Crippen LogP contribution is 2.45. The molecule has 15 rings (SSSR count). The van der Waals surface area contributed by atoms with Crippen LogP contribution in [0.2, 0.25) is 4.34 Å². The first-order valence-electron chi connectivity index (χ1n) is 37.1. The van der Waals surface area contributed by atoms with Crippen molar-refractivity contribution in [2.24, 2.45) is 11.8 Å². The zero-order valence-electron chi connectivity index (χ0n) is 64.0. The summed E-state index contributed by atoms with van der Waals surface area (Å²) < 4.78 is 12.7. The van der Waals surface area contributed by atoms with E-state index in [0.29, 0.717) is 71.3 Å². The Morgan fingerprint density at radius 1 is 0.491 bits per heavy atom. The number of aromatic nitrogens is 4. The average Bonchev–Trinajstić information content (AvgIpc) is 1.13. The van der Waals surface area contributed by atoms with Crippen LogP contribution < -0.4 is 4.73 Å². The first-order chi connectivity index (χ1) is 53.8. The molecule has 0 amide bonds. The molecule has 1 atom stereocenters. The number of thiophene rings is 3. The van der Waals surface area contributed by atoms with Gasteiger partial charge in [-0.25, -0.2) is 15.0 Å². The lowest BCUT2D eigenvalue weighted by molar-refractivity contribution is -0.645. The van der Waals surface area contributed by atoms with E-state index in [2.05, 4.69) is 48.4 Å². The highest BCUT2D eigenvalue weighted by Gasteiger charge is 2.33. The highest BCUT2D eigenvalue weighted by molar-refractivity contribution is 9.11. The van der Waals surface area contributed by atoms with E-state index in [1.165, 1.54) is 66.9 Å². The summed E-state index contributed by atoms with van der Waals surface area (Å²) in [5.74, 6) is 2.00. The Morgan fingerprint density at radius 2 is 0.938 bits per heavy atom. The predicted octanol–water partition coefficient (Wildman–Crippen LogP) is 25.8. The van der Waals surface area contributed by atoms with Crippen LogP contribution in [0.15, 0.2) is 228 Å². The van der Waals surface area contributed by atoms with Crippen LogP contribution in [0.5, 0.6) is 0 Å². The molecule has 0 N–H and O–H groups in total. The molecule has 1 unspecified atom stereocenters. The number of carbonyl (C=O) groups is 8. The van der Waals surface area contributed by atoms with Crippen molar-refractivity contribution in [1.29, 1.82) is 5.26 Å². The number of ketones is 8. The summed E-state index contributed by atoms with van der Waals surface area (Å²) in [7, 11) is 0. The van der Waals surface area contributed by atoms with Gasteiger partial charge in [0.05, 0.1) is 33.0 Å². The number of hydrogen-bond donors (Lipinski definition) is 0. The van der Waals surface area contributed by atoms with E-state index in [9.17, 15) is 43.6 Å². The van der Waals surface area contributed by atoms with Gasteiger partial charge in [-0.3, -0.25) is 38.4 Å². The topological polar surface area (TPSA) is 239 Å². The molecular weight excluding hydrogens is 1710 g/mol. The van der Waals surface area contributed by atoms with Crippen LogP contribution in [0.3, 0.4) is 0 Å². The van der Waals surface area contributed by atoms with E-state index in [1.54, 1.807) is 148 Å². The molecule has 112 heavy (non-hydrogen) atoms. The average molecular weight is 1800 g/mol. The van der Waals surface area contributed by atoms with Gasteiger partial charge in [0.25, 0.3) is 10.2 Å². The largest absolute Gasteiger partial charge is 0.618 e. The first kappa shape index (κ1) is 91.8. The third-order valence-corrected chi connectivity index (χ3v) is 32.2. The van der Waals surface area contributed by atoms with Gasteiger partial charge in [0.2, 0.25) is 0 Å². The van der Waals surface area contributed by atoms with E-state index in [-0.39, 0.29) is 29.2 Å². The van der Waals surface area contributed by atoms with E-state index in [1.807, 2.05) is 108 Å². The maximum absolute atomic E-state index is 11.5. The fraction of sp³-hybridized carbons (Fsp3) is 0.393. The Morgan fingerprint density at radius 3 is 1.32 bits per heavy atom. The molecule has 7 aromatic heterocycles. The van der Waals surface area contributed by atoms with Gasteiger partial charge in [0, 0.05) is 130 Å². The van der Waals surface area contributed by atoms with Crippen molar-refractivity contribution in [1.82, 2.24) is 15.0 Å². The fourth-order valence-electron chi connectivity index (χ4n) is 11.5. The van der Waals surface area contributed by atoms with E-state index in [0.717, 1.165) is 187 Å². The van der Waals surface area contributed by atoms with Crippen molar-refractivity contribution in [3.8, 4) is 6.07 Å². The van der Waals surface area contributed by atoms with Gasteiger partial charge in [-0.15, -0.1) is 45.3 Å². The number of nitriles is 1. The van der Waals surface area contributed by atoms with Gasteiger partial charge < -0.3 is 9.62 Å². The normalized spacial score (nSPS) is 17.6. The number of nitrogens with zero attached hydrogens (tertiary/aromatic N) is 5. The summed E-state index contributed by atoms with van der Waals surface area (Å²) in [6.07, 6.45) is 29.0. The second-order valence-electron chi connectivity index (χ2n) is 26.7. The van der Waals surface area contributed by atoms with Crippen molar-refractivity contribution >= 4 is 201 Å². The molecule has 15 nitrogen and oxygen atoms in total. The van der Waals surface area contributed by atoms with Gasteiger partial charge in [-0.05, 0) is 276 Å². The molecular formula is C84H91BrClN5O10S11. The van der Waals surface area contributed by atoms with Gasteiger partial charge in [-0.2, -0.15) is 9.99 Å². The van der Waals surface area contributed by atoms with Gasteiger partial charge in [0.1, 0.15) is 17.2 Å². The zero-order chi connectivity index (χ0) is 80.6. The zero-order valence-corrected chi connectivity index (χ0v) is 75.3. The number of pyridine rings is 2. The molecule has 0 radical (unpaired) electrons. The lowest BCUT2D eigenvalue weighted by atomic mass is 9.99. The minimum atomic E-state index is -0.377. The standard InChI is InChI=1S/C12H13NO2S.C12H13NOS.C11H11BrOS2.C11H11ClOS2.C11H12OS2.C10H11NO2S.C10H11NOS2.C7H9NO/c1-9-10(14)5-4-6-11(9)16-12-7-2-3-8-13(12)15;1-9-10(14)5-4-6-11(9)15-12-7-2-3-8-13-12;2*1-7-8(13)3-2-4-9(7)14-11-6-5-10(12)15-11;1-8-9(12)4-2-5-10(8)14-11-6-3-7-13-11;2*1-7-8(12)3-2-4-9(7)14-10-11-5-6-13-10;1-5(4-8)7(9)6-2-3-6/h2-3,7-8H,4-6H2,1H3;2-3,7-8H,4-6H2,1H3;2*5-6H,2-4H2,1H3;3,6-7H,2,4-5H2,1H3;2*5-6H,2-4H2,1H3;5-6H,2-3H2,1H3. The minimum absolute atomic E-state index is 0.137. The van der Waals surface area contributed by atoms with E-state index in [4.69, 9.17) is 21.3 Å². The Balaban J connectivity index is 0.000000161. The SMILES string of the molecule is CC(C#N)C(=O)C1CC1.CC1=C(Sc2ccc(Br)s2)CCCC1=O.CC1=C(Sc2ccc(Cl)s2)CCCC1=O.CC1=C(Sc2cccc[n+]2[O-])CCCC1=O.CC1=C(Sc2ccccn2)CCCC1=O.CC1=C(Sc2cccs2)CCCC1=O.CC1=C(Sc2ncco2)CCCC1=O.CC1=C(Sc2nccs2)CCCC1=O. The number of halogens is 2. The summed E-state index contributed by atoms with van der Waals surface area (Å²) in [4.78, 5) is 112. The lowest BCUT2D eigenvalue weighted by Crippen LogP contribution is -2.27. The Kier molecular flexibility index (Phi) is 39.4. The molecule has 0 saturated heterocycles. The number of hydrogen-bond acceptors (Lipinski definition) is 25. The third-order valence-electron chi connectivity index (χ3n) is 18.5. The molecule has 8 aliphatic carbocycles. The van der Waals surface area contributed by atoms with Crippen molar-refractivity contribution < 1.29 is 47.5 Å². The molecule has 8 aliphatic rings. The molecule has 0 aromatic carbocycles. The number of oxazole rings is 1. The number of thiazole rings is 1. The first-order valence-corrected chi connectivity index (χ1v) is 47.3. The number of allylic oxidation sites excluding steroid dienone is 14. The molecule has 1 saturated carbocycles. The molecule has 0 aliphatic heterocycles. The van der Waals surface area contributed by atoms with Crippen LogP contribution in [-0.4, -0.2) is 61.2 Å². The lowest BCUT2D eigenvalue weighted by Gasteiger charge is -2.15. The molecule has 7 aromatic rings. The van der Waals surface area contributed by atoms with Crippen molar-refractivity contribution in [3.63, 3.8) is 0 Å². The van der Waals surface area contributed by atoms with Gasteiger partial charge >= 0.3 is 0 Å². The van der Waals surface area contributed by atoms with Crippen molar-refractivity contribution in [3.05, 3.63) is 201 Å². The van der Waals surface area contributed by atoms with Crippen LogP contribution in [0, 0.1) is 28.4 Å². The third kappa shape index (κ3) is 30.4. The summed E-state index contributed by atoms with van der Waals surface area (Å²) >= 11 is 27.3. The second-order valence-corrected chi connectivity index (χ2v) is 41.5. The van der Waals surface area contributed by atoms with Crippen LogP contribution in [-0.2, 0) is 38.4 Å². The fourth-order valence-corrected chi connectivity index (χ4v) is 24.0. The van der Waals surface area contributed by atoms with Crippen LogP contribution in [0.25, 0.3) is 0 Å². The Hall–Kier alpha value is -5.71. The Labute approximate surface area is 716 Å².